The molecule has 0 bridgehead atoms. The number of methoxy groups -OCH3 is 1. The Balaban J connectivity index is 1.89. The number of fused-ring (bicyclic) bond motifs is 1. The lowest BCUT2D eigenvalue weighted by Gasteiger charge is -2.26. The van der Waals surface area contributed by atoms with E-state index in [9.17, 15) is 4.79 Å². The van der Waals surface area contributed by atoms with Gasteiger partial charge in [-0.05, 0) is 37.5 Å². The maximum absolute atomic E-state index is 11.9. The second kappa shape index (κ2) is 10.3. The number of rotatable bonds is 11. The Morgan fingerprint density at radius 1 is 1.28 bits per heavy atom. The zero-order chi connectivity index (χ0) is 23.3. The third kappa shape index (κ3) is 5.68. The minimum Gasteiger partial charge on any atom is -0.383 e. The van der Waals surface area contributed by atoms with Crippen LogP contribution >= 0.6 is 0 Å². The van der Waals surface area contributed by atoms with Crippen molar-refractivity contribution in [3.8, 4) is 0 Å². The van der Waals surface area contributed by atoms with Crippen molar-refractivity contribution in [1.29, 1.82) is 0 Å². The fourth-order valence-corrected chi connectivity index (χ4v) is 3.41. The number of ether oxygens (including phenoxy) is 1. The summed E-state index contributed by atoms with van der Waals surface area (Å²) >= 11 is 0. The molecule has 0 unspecified atom stereocenters. The molecule has 1 aromatic carbocycles. The molecule has 3 rings (SSSR count). The van der Waals surface area contributed by atoms with Crippen LogP contribution in [0.25, 0.3) is 10.9 Å². The molecule has 1 amide bonds. The average molecular weight is 442 g/mol. The Morgan fingerprint density at radius 3 is 2.72 bits per heavy atom. The molecule has 2 atom stereocenters. The highest BCUT2D eigenvalue weighted by atomic mass is 16.5. The zero-order valence-corrected chi connectivity index (χ0v) is 18.9. The van der Waals surface area contributed by atoms with Crippen LogP contribution in [0.3, 0.4) is 0 Å². The molecule has 0 fully saturated rings. The molecule has 0 spiro atoms. The molecule has 172 valence electrons. The Hall–Kier alpha value is -3.31. The van der Waals surface area contributed by atoms with Crippen molar-refractivity contribution >= 4 is 34.3 Å². The maximum Gasteiger partial charge on any atom is 0.273 e. The molecule has 11 heteroatoms. The summed E-state index contributed by atoms with van der Waals surface area (Å²) in [5.74, 6) is 0.102. The Bertz CT molecular complexity index is 1070. The van der Waals surface area contributed by atoms with Gasteiger partial charge in [-0.3, -0.25) is 9.48 Å². The van der Waals surface area contributed by atoms with E-state index in [0.29, 0.717) is 18.2 Å². The van der Waals surface area contributed by atoms with Gasteiger partial charge in [-0.1, -0.05) is 13.8 Å². The van der Waals surface area contributed by atoms with Crippen molar-refractivity contribution in [2.24, 2.45) is 17.4 Å². The van der Waals surface area contributed by atoms with Gasteiger partial charge < -0.3 is 26.8 Å². The van der Waals surface area contributed by atoms with Gasteiger partial charge in [0.15, 0.2) is 11.5 Å². The Labute approximate surface area is 186 Å². The van der Waals surface area contributed by atoms with E-state index in [4.69, 9.17) is 16.2 Å². The summed E-state index contributed by atoms with van der Waals surface area (Å²) in [4.78, 5) is 16.4. The fourth-order valence-electron chi connectivity index (χ4n) is 3.41. The summed E-state index contributed by atoms with van der Waals surface area (Å²) < 4.78 is 7.06. The summed E-state index contributed by atoms with van der Waals surface area (Å²) in [6.45, 7) is 7.39. The lowest BCUT2D eigenvalue weighted by Crippen LogP contribution is -2.44. The van der Waals surface area contributed by atoms with Crippen molar-refractivity contribution in [2.75, 3.05) is 24.4 Å². The van der Waals surface area contributed by atoms with Gasteiger partial charge in [0.1, 0.15) is 0 Å². The van der Waals surface area contributed by atoms with Gasteiger partial charge in [0.2, 0.25) is 5.95 Å². The monoisotopic (exact) mass is 441 g/mol. The van der Waals surface area contributed by atoms with Crippen LogP contribution < -0.4 is 22.1 Å². The number of carbonyl (C=O) groups excluding carboxylic acids is 1. The predicted octanol–water partition coefficient (Wildman–Crippen LogP) is 1.88. The highest BCUT2D eigenvalue weighted by Gasteiger charge is 2.22. The van der Waals surface area contributed by atoms with Crippen LogP contribution in [0.5, 0.6) is 0 Å². The third-order valence-corrected chi connectivity index (χ3v) is 4.98. The SMILES string of the molecule is CCn1cc2ccc(Nc3nc(N[C@H](CC(C)C)[C@@H](N)COC)nnc3C(N)=O)cc2n1. The second-order valence-electron chi connectivity index (χ2n) is 8.08. The van der Waals surface area contributed by atoms with Gasteiger partial charge in [0.05, 0.1) is 12.1 Å². The first-order chi connectivity index (χ1) is 15.3. The molecular formula is C21H31N9O2. The molecule has 0 aliphatic carbocycles. The lowest BCUT2D eigenvalue weighted by atomic mass is 9.98. The molecule has 0 saturated carbocycles. The Kier molecular flexibility index (Phi) is 7.54. The van der Waals surface area contributed by atoms with E-state index in [-0.39, 0.29) is 29.5 Å². The lowest BCUT2D eigenvalue weighted by molar-refractivity contribution is 0.0995. The van der Waals surface area contributed by atoms with Gasteiger partial charge in [-0.15, -0.1) is 10.2 Å². The van der Waals surface area contributed by atoms with Crippen LogP contribution in [0, 0.1) is 5.92 Å². The molecule has 32 heavy (non-hydrogen) atoms. The molecular weight excluding hydrogens is 410 g/mol. The average Bonchev–Trinajstić information content (AvgIpc) is 3.15. The molecule has 0 aliphatic heterocycles. The van der Waals surface area contributed by atoms with Crippen LogP contribution in [-0.4, -0.2) is 56.7 Å². The number of anilines is 3. The molecule has 0 aliphatic rings. The van der Waals surface area contributed by atoms with E-state index in [0.717, 1.165) is 23.9 Å². The van der Waals surface area contributed by atoms with Crippen LogP contribution in [0.15, 0.2) is 24.4 Å². The number of amides is 1. The van der Waals surface area contributed by atoms with E-state index in [1.54, 1.807) is 7.11 Å². The molecule has 11 nitrogen and oxygen atoms in total. The minimum atomic E-state index is -0.731. The van der Waals surface area contributed by atoms with E-state index in [1.165, 1.54) is 0 Å². The van der Waals surface area contributed by atoms with E-state index in [2.05, 4.69) is 44.8 Å². The van der Waals surface area contributed by atoms with Gasteiger partial charge in [-0.25, -0.2) is 0 Å². The number of carbonyl (C=O) groups is 1. The number of nitrogens with two attached hydrogens (primary N) is 2. The van der Waals surface area contributed by atoms with E-state index < -0.39 is 5.91 Å². The number of nitrogens with zero attached hydrogens (tertiary/aromatic N) is 5. The van der Waals surface area contributed by atoms with Crippen LogP contribution in [0.4, 0.5) is 17.5 Å². The largest absolute Gasteiger partial charge is 0.383 e. The maximum atomic E-state index is 11.9. The van der Waals surface area contributed by atoms with Crippen molar-refractivity contribution in [1.82, 2.24) is 25.0 Å². The van der Waals surface area contributed by atoms with Gasteiger partial charge in [0, 0.05) is 43.0 Å². The van der Waals surface area contributed by atoms with Crippen LogP contribution in [-0.2, 0) is 11.3 Å². The van der Waals surface area contributed by atoms with E-state index >= 15 is 0 Å². The summed E-state index contributed by atoms with van der Waals surface area (Å²) in [7, 11) is 1.61. The topological polar surface area (TPSA) is 159 Å². The summed E-state index contributed by atoms with van der Waals surface area (Å²) in [5.41, 5.74) is 13.2. The first kappa shape index (κ1) is 23.4. The van der Waals surface area contributed by atoms with Crippen molar-refractivity contribution in [3.63, 3.8) is 0 Å². The van der Waals surface area contributed by atoms with Crippen molar-refractivity contribution in [2.45, 2.75) is 45.8 Å². The fraction of sp³-hybridized carbons (Fsp3) is 0.476. The van der Waals surface area contributed by atoms with E-state index in [1.807, 2.05) is 36.0 Å². The second-order valence-corrected chi connectivity index (χ2v) is 8.08. The smallest absolute Gasteiger partial charge is 0.273 e. The number of aryl methyl sites for hydroxylation is 1. The molecule has 0 radical (unpaired) electrons. The van der Waals surface area contributed by atoms with Crippen molar-refractivity contribution < 1.29 is 9.53 Å². The number of aromatic nitrogens is 5. The zero-order valence-electron chi connectivity index (χ0n) is 18.9. The number of nitrogens with one attached hydrogen (secondary N) is 2. The normalized spacial score (nSPS) is 13.3. The van der Waals surface area contributed by atoms with Crippen LogP contribution in [0.1, 0.15) is 37.7 Å². The molecule has 2 aromatic heterocycles. The number of primary amides is 1. The highest BCUT2D eigenvalue weighted by Crippen LogP contribution is 2.23. The quantitative estimate of drug-likeness (QED) is 0.348. The first-order valence-corrected chi connectivity index (χ1v) is 10.6. The number of benzene rings is 1. The Morgan fingerprint density at radius 2 is 2.06 bits per heavy atom. The van der Waals surface area contributed by atoms with Gasteiger partial charge in [0.25, 0.3) is 5.91 Å². The summed E-state index contributed by atoms with van der Waals surface area (Å²) in [5, 5.41) is 19.9. The minimum absolute atomic E-state index is 0.0589. The third-order valence-electron chi connectivity index (χ3n) is 4.98. The molecule has 0 saturated heterocycles. The van der Waals surface area contributed by atoms with Gasteiger partial charge in [-0.2, -0.15) is 10.1 Å². The predicted molar refractivity (Wildman–Crippen MR) is 124 cm³/mol. The summed E-state index contributed by atoms with van der Waals surface area (Å²) in [6.07, 6.45) is 2.76. The highest BCUT2D eigenvalue weighted by molar-refractivity contribution is 5.96. The molecule has 3 aromatic rings. The van der Waals surface area contributed by atoms with Crippen molar-refractivity contribution in [3.05, 3.63) is 30.1 Å². The number of hydrogen-bond donors (Lipinski definition) is 4. The number of hydrogen-bond acceptors (Lipinski definition) is 9. The standard InChI is InChI=1S/C21H31N9O2/c1-5-30-10-13-6-7-14(9-16(13)29-30)24-20-18(19(23)31)27-28-21(26-20)25-17(8-12(2)3)15(22)11-32-4/h6-7,9-10,12,15,17H,5,8,11,22H2,1-4H3,(H2,23,31)(H2,24,25,26,28)/t15-,17+/m0/s1. The molecule has 6 N–H and O–H groups in total. The first-order valence-electron chi connectivity index (χ1n) is 10.6. The summed E-state index contributed by atoms with van der Waals surface area (Å²) in [6, 6.07) is 5.28. The van der Waals surface area contributed by atoms with Gasteiger partial charge >= 0.3 is 0 Å². The van der Waals surface area contributed by atoms with Crippen LogP contribution in [0.2, 0.25) is 0 Å². The molecule has 2 heterocycles.